The molecule has 0 saturated heterocycles. The molecule has 0 saturated carbocycles. The first-order valence-corrected chi connectivity index (χ1v) is 9.01. The fourth-order valence-corrected chi connectivity index (χ4v) is 3.19. The number of nitrogens with zero attached hydrogens (tertiary/aromatic N) is 2. The van der Waals surface area contributed by atoms with Crippen LogP contribution in [-0.2, 0) is 16.0 Å². The maximum atomic E-state index is 14.9. The van der Waals surface area contributed by atoms with Crippen molar-refractivity contribution in [3.05, 3.63) is 65.5 Å². The number of anilines is 1. The Balaban J connectivity index is 2.00. The van der Waals surface area contributed by atoms with E-state index in [-0.39, 0.29) is 11.7 Å². The predicted molar refractivity (Wildman–Crippen MR) is 101 cm³/mol. The number of ether oxygens (including phenoxy) is 1. The Hall–Kier alpha value is -2.96. The first-order chi connectivity index (χ1) is 13.2. The van der Waals surface area contributed by atoms with E-state index >= 15 is 0 Å². The lowest BCUT2D eigenvalue weighted by Crippen LogP contribution is -2.48. The third kappa shape index (κ3) is 3.98. The molecule has 3 rings (SSSR count). The van der Waals surface area contributed by atoms with E-state index in [9.17, 15) is 18.5 Å². The van der Waals surface area contributed by atoms with Crippen LogP contribution in [0.3, 0.4) is 0 Å². The van der Waals surface area contributed by atoms with E-state index < -0.39 is 35.1 Å². The lowest BCUT2D eigenvalue weighted by atomic mass is 9.92. The molecular weight excluding hydrogens is 366 g/mol. The summed E-state index contributed by atoms with van der Waals surface area (Å²) in [5, 5.41) is -0.237. The minimum atomic E-state index is -1.25. The topological polar surface area (TPSA) is 49.9 Å². The highest BCUT2D eigenvalue weighted by Gasteiger charge is 2.41. The minimum absolute atomic E-state index is 0.188. The molecule has 0 N–H and O–H groups in total. The molecule has 7 heteroatoms. The molecule has 0 aliphatic carbocycles. The maximum Gasteiger partial charge on any atom is 0.411 e. The monoisotopic (exact) mass is 388 g/mol. The predicted octanol–water partition coefficient (Wildman–Crippen LogP) is 4.58. The Bertz CT molecular complexity index is 895. The summed E-state index contributed by atoms with van der Waals surface area (Å²) < 4.78 is 34.3. The van der Waals surface area contributed by atoms with E-state index in [4.69, 9.17) is 4.74 Å². The number of rotatable bonds is 2. The van der Waals surface area contributed by atoms with Crippen LogP contribution in [0.1, 0.15) is 37.9 Å². The number of para-hydroxylation sites is 1. The molecule has 148 valence electrons. The van der Waals surface area contributed by atoms with Crippen molar-refractivity contribution in [2.45, 2.75) is 38.8 Å². The largest absolute Gasteiger partial charge is 0.444 e. The van der Waals surface area contributed by atoms with Gasteiger partial charge in [-0.1, -0.05) is 40.9 Å². The summed E-state index contributed by atoms with van der Waals surface area (Å²) in [6.45, 7) is 5.31. The molecule has 1 atom stereocenters. The van der Waals surface area contributed by atoms with Crippen LogP contribution in [-0.4, -0.2) is 29.0 Å². The van der Waals surface area contributed by atoms with Crippen LogP contribution in [0, 0.1) is 5.82 Å². The molecule has 0 unspecified atom stereocenters. The smallest absolute Gasteiger partial charge is 0.411 e. The Morgan fingerprint density at radius 1 is 1.11 bits per heavy atom. The zero-order chi connectivity index (χ0) is 20.5. The number of benzene rings is 2. The number of hydrogen-bond acceptors (Lipinski definition) is 3. The van der Waals surface area contributed by atoms with Gasteiger partial charge in [-0.05, 0) is 50.5 Å². The second kappa shape index (κ2) is 7.58. The number of halogens is 2. The summed E-state index contributed by atoms with van der Waals surface area (Å²) in [5.41, 5.74) is 0.0636. The molecule has 0 aromatic heterocycles. The summed E-state index contributed by atoms with van der Waals surface area (Å²) in [6.07, 6.45) is -0.215. The molecule has 28 heavy (non-hydrogen) atoms. The first kappa shape index (κ1) is 19.8. The van der Waals surface area contributed by atoms with Crippen molar-refractivity contribution in [2.75, 3.05) is 11.7 Å². The third-order valence-corrected chi connectivity index (χ3v) is 4.40. The highest BCUT2D eigenvalue weighted by Crippen LogP contribution is 2.34. The van der Waals surface area contributed by atoms with Crippen molar-refractivity contribution in [1.82, 2.24) is 4.90 Å². The first-order valence-electron chi connectivity index (χ1n) is 9.01. The van der Waals surface area contributed by atoms with Gasteiger partial charge in [0.1, 0.15) is 23.1 Å². The van der Waals surface area contributed by atoms with Crippen LogP contribution < -0.4 is 5.12 Å². The molecule has 0 bridgehead atoms. The average molecular weight is 388 g/mol. The van der Waals surface area contributed by atoms with Crippen LogP contribution in [0.25, 0.3) is 0 Å². The summed E-state index contributed by atoms with van der Waals surface area (Å²) in [4.78, 5) is 26.9. The quantitative estimate of drug-likeness (QED) is 0.708. The number of carbonyl (C=O) groups excluding carboxylic acids is 2. The van der Waals surface area contributed by atoms with Gasteiger partial charge in [-0.2, -0.15) is 0 Å². The Morgan fingerprint density at radius 2 is 1.75 bits per heavy atom. The van der Waals surface area contributed by atoms with Gasteiger partial charge in [0.2, 0.25) is 0 Å². The summed E-state index contributed by atoms with van der Waals surface area (Å²) in [6, 6.07) is 10.8. The van der Waals surface area contributed by atoms with Gasteiger partial charge in [0.15, 0.2) is 0 Å². The highest BCUT2D eigenvalue weighted by molar-refractivity contribution is 5.98. The summed E-state index contributed by atoms with van der Waals surface area (Å²) >= 11 is 0. The van der Waals surface area contributed by atoms with E-state index in [2.05, 4.69) is 0 Å². The van der Waals surface area contributed by atoms with E-state index in [1.807, 2.05) is 12.1 Å². The number of carbonyl (C=O) groups is 2. The molecule has 1 aliphatic heterocycles. The summed E-state index contributed by atoms with van der Waals surface area (Å²) in [7, 11) is 0. The van der Waals surface area contributed by atoms with Crippen LogP contribution in [0.5, 0.6) is 0 Å². The lowest BCUT2D eigenvalue weighted by Gasteiger charge is -2.37. The number of fused-ring (bicyclic) bond motifs is 1. The second-order valence-electron chi connectivity index (χ2n) is 7.60. The third-order valence-electron chi connectivity index (χ3n) is 4.40. The molecule has 5 nitrogen and oxygen atoms in total. The van der Waals surface area contributed by atoms with Gasteiger partial charge in [0.05, 0.1) is 0 Å². The van der Waals surface area contributed by atoms with Gasteiger partial charge in [-0.3, -0.25) is 9.69 Å². The van der Waals surface area contributed by atoms with Crippen LogP contribution >= 0.6 is 0 Å². The lowest BCUT2D eigenvalue weighted by molar-refractivity contribution is -0.127. The number of hydrogen-bond donors (Lipinski definition) is 0. The van der Waals surface area contributed by atoms with Crippen molar-refractivity contribution in [2.24, 2.45) is 0 Å². The highest BCUT2D eigenvalue weighted by atomic mass is 19.2. The van der Waals surface area contributed by atoms with Gasteiger partial charge in [0.25, 0.3) is 5.91 Å². The van der Waals surface area contributed by atoms with Crippen molar-refractivity contribution in [1.29, 1.82) is 0 Å². The Kier molecular flexibility index (Phi) is 5.36. The SMILES string of the molecule is CC(C)(C)OC(=O)N1CCc2ccccc2[C@H]1C(=O)N(F)c1ccccc1F. The molecular formula is C21H22F2N2O3. The van der Waals surface area contributed by atoms with Gasteiger partial charge in [-0.15, -0.1) is 5.12 Å². The second-order valence-corrected chi connectivity index (χ2v) is 7.60. The molecule has 2 amide bonds. The molecule has 0 spiro atoms. The maximum absolute atomic E-state index is 14.9. The van der Waals surface area contributed by atoms with Crippen molar-refractivity contribution >= 4 is 17.7 Å². The molecule has 0 fully saturated rings. The molecule has 2 aromatic carbocycles. The normalized spacial score (nSPS) is 16.3. The van der Waals surface area contributed by atoms with Crippen LogP contribution in [0.4, 0.5) is 19.4 Å². The van der Waals surface area contributed by atoms with Crippen molar-refractivity contribution < 1.29 is 23.2 Å². The fraction of sp³-hybridized carbons (Fsp3) is 0.333. The number of amides is 2. The van der Waals surface area contributed by atoms with E-state index in [0.29, 0.717) is 12.0 Å². The minimum Gasteiger partial charge on any atom is -0.444 e. The van der Waals surface area contributed by atoms with Crippen LogP contribution in [0.2, 0.25) is 0 Å². The van der Waals surface area contributed by atoms with Crippen molar-refractivity contribution in [3.63, 3.8) is 0 Å². The molecule has 2 aromatic rings. The molecule has 1 heterocycles. The van der Waals surface area contributed by atoms with E-state index in [0.717, 1.165) is 11.6 Å². The molecule has 1 aliphatic rings. The zero-order valence-corrected chi connectivity index (χ0v) is 16.0. The summed E-state index contributed by atoms with van der Waals surface area (Å²) in [5.74, 6) is -1.92. The van der Waals surface area contributed by atoms with Gasteiger partial charge in [-0.25, -0.2) is 9.18 Å². The van der Waals surface area contributed by atoms with Crippen LogP contribution in [0.15, 0.2) is 48.5 Å². The van der Waals surface area contributed by atoms with Gasteiger partial charge < -0.3 is 4.74 Å². The molecule has 0 radical (unpaired) electrons. The Labute approximate surface area is 162 Å². The van der Waals surface area contributed by atoms with Crippen molar-refractivity contribution in [3.8, 4) is 0 Å². The fourth-order valence-electron chi connectivity index (χ4n) is 3.19. The zero-order valence-electron chi connectivity index (χ0n) is 16.0. The van der Waals surface area contributed by atoms with E-state index in [1.165, 1.54) is 23.1 Å². The standard InChI is InChI=1S/C21H22F2N2O3/c1-21(2,3)28-20(27)24-13-12-14-8-4-5-9-15(14)18(24)19(26)25(23)17-11-7-6-10-16(17)22/h4-11,18H,12-13H2,1-3H3/t18-/m0/s1. The average Bonchev–Trinajstić information content (AvgIpc) is 2.65. The Morgan fingerprint density at radius 3 is 2.43 bits per heavy atom. The van der Waals surface area contributed by atoms with E-state index in [1.54, 1.807) is 32.9 Å². The van der Waals surface area contributed by atoms with Gasteiger partial charge >= 0.3 is 6.09 Å². The van der Waals surface area contributed by atoms with Gasteiger partial charge in [0, 0.05) is 6.54 Å².